The van der Waals surface area contributed by atoms with Crippen molar-refractivity contribution in [1.29, 1.82) is 0 Å². The molecule has 2 aromatic heterocycles. The van der Waals surface area contributed by atoms with Crippen LogP contribution in [0.4, 0.5) is 0 Å². The lowest BCUT2D eigenvalue weighted by Crippen LogP contribution is -2.31. The van der Waals surface area contributed by atoms with Crippen molar-refractivity contribution in [2.75, 3.05) is 13.1 Å². The molecule has 0 bridgehead atoms. The van der Waals surface area contributed by atoms with E-state index in [9.17, 15) is 4.79 Å². The number of hydrogen-bond donors (Lipinski definition) is 0. The monoisotopic (exact) mass is 381 g/mol. The van der Waals surface area contributed by atoms with Crippen LogP contribution in [0.5, 0.6) is 0 Å². The highest BCUT2D eigenvalue weighted by atomic mass is 32.2. The van der Waals surface area contributed by atoms with Gasteiger partial charge in [-0.15, -0.1) is 5.10 Å². The number of thioether (sulfide) groups is 1. The van der Waals surface area contributed by atoms with Gasteiger partial charge in [0.25, 0.3) is 5.78 Å². The summed E-state index contributed by atoms with van der Waals surface area (Å²) in [6, 6.07) is 9.90. The Morgan fingerprint density at radius 2 is 1.78 bits per heavy atom. The summed E-state index contributed by atoms with van der Waals surface area (Å²) in [5.41, 5.74) is 4.07. The molecule has 1 aliphatic heterocycles. The molecule has 4 rings (SSSR count). The van der Waals surface area contributed by atoms with Gasteiger partial charge in [0.05, 0.1) is 0 Å². The van der Waals surface area contributed by atoms with Crippen molar-refractivity contribution in [3.8, 4) is 0 Å². The van der Waals surface area contributed by atoms with E-state index in [2.05, 4.69) is 15.1 Å². The maximum absolute atomic E-state index is 13.2. The molecule has 0 radical (unpaired) electrons. The molecular weight excluding hydrogens is 358 g/mol. The molecule has 3 aromatic rings. The van der Waals surface area contributed by atoms with E-state index in [1.54, 1.807) is 4.52 Å². The number of fused-ring (bicyclic) bond motifs is 1. The molecule has 0 aliphatic carbocycles. The van der Waals surface area contributed by atoms with Crippen LogP contribution in [-0.2, 0) is 4.79 Å². The number of aryl methyl sites for hydroxylation is 2. The Bertz CT molecular complexity index is 979. The molecule has 0 N–H and O–H groups in total. The third kappa shape index (κ3) is 3.43. The Kier molecular flexibility index (Phi) is 4.86. The Morgan fingerprint density at radius 1 is 1.07 bits per heavy atom. The van der Waals surface area contributed by atoms with Crippen molar-refractivity contribution >= 4 is 23.4 Å². The zero-order chi connectivity index (χ0) is 19.0. The second-order valence-electron chi connectivity index (χ2n) is 6.95. The number of carbonyl (C=O) groups is 1. The van der Waals surface area contributed by atoms with Gasteiger partial charge in [-0.25, -0.2) is 9.50 Å². The Morgan fingerprint density at radius 3 is 2.48 bits per heavy atom. The van der Waals surface area contributed by atoms with Crippen LogP contribution in [0.2, 0.25) is 0 Å². The molecule has 27 heavy (non-hydrogen) atoms. The smallest absolute Gasteiger partial charge is 0.253 e. The number of nitrogens with zero attached hydrogens (tertiary/aromatic N) is 5. The second kappa shape index (κ2) is 7.31. The molecule has 7 heteroatoms. The fourth-order valence-corrected chi connectivity index (χ4v) is 4.40. The minimum Gasteiger partial charge on any atom is -0.341 e. The van der Waals surface area contributed by atoms with Crippen LogP contribution in [0.1, 0.15) is 40.6 Å². The number of likely N-dealkylation sites (tertiary alicyclic amines) is 1. The molecule has 1 unspecified atom stereocenters. The summed E-state index contributed by atoms with van der Waals surface area (Å²) < 4.78 is 1.77. The highest BCUT2D eigenvalue weighted by Gasteiger charge is 2.30. The topological polar surface area (TPSA) is 63.4 Å². The summed E-state index contributed by atoms with van der Waals surface area (Å²) in [4.78, 5) is 24.2. The SMILES string of the molecule is Cc1nc2nc(SC(C(=O)N3CCCC3)c3ccccc3)nn2c(C)c1C. The van der Waals surface area contributed by atoms with Gasteiger partial charge in [-0.05, 0) is 44.7 Å². The first kappa shape index (κ1) is 18.0. The summed E-state index contributed by atoms with van der Waals surface area (Å²) in [7, 11) is 0. The van der Waals surface area contributed by atoms with Crippen molar-refractivity contribution in [1.82, 2.24) is 24.5 Å². The average Bonchev–Trinajstić information content (AvgIpc) is 3.34. The van der Waals surface area contributed by atoms with Gasteiger partial charge in [-0.2, -0.15) is 4.98 Å². The first-order valence-electron chi connectivity index (χ1n) is 9.25. The van der Waals surface area contributed by atoms with E-state index in [4.69, 9.17) is 0 Å². The molecule has 1 saturated heterocycles. The van der Waals surface area contributed by atoms with Crippen molar-refractivity contribution < 1.29 is 4.79 Å². The van der Waals surface area contributed by atoms with Crippen LogP contribution < -0.4 is 0 Å². The molecule has 1 aliphatic rings. The summed E-state index contributed by atoms with van der Waals surface area (Å²) in [5.74, 6) is 0.720. The van der Waals surface area contributed by atoms with Crippen LogP contribution in [-0.4, -0.2) is 43.5 Å². The van der Waals surface area contributed by atoms with E-state index in [1.165, 1.54) is 11.8 Å². The molecule has 1 fully saturated rings. The molecule has 1 aromatic carbocycles. The van der Waals surface area contributed by atoms with Gasteiger partial charge in [0.15, 0.2) is 0 Å². The minimum absolute atomic E-state index is 0.139. The quantitative estimate of drug-likeness (QED) is 0.647. The Hall–Kier alpha value is -2.41. The number of hydrogen-bond acceptors (Lipinski definition) is 5. The number of rotatable bonds is 4. The lowest BCUT2D eigenvalue weighted by Gasteiger charge is -2.22. The summed E-state index contributed by atoms with van der Waals surface area (Å²) in [6.45, 7) is 7.70. The molecule has 0 saturated carbocycles. The van der Waals surface area contributed by atoms with Gasteiger partial charge < -0.3 is 4.90 Å². The van der Waals surface area contributed by atoms with Gasteiger partial charge in [0.2, 0.25) is 11.1 Å². The summed E-state index contributed by atoms with van der Waals surface area (Å²) in [5, 5.41) is 4.86. The van der Waals surface area contributed by atoms with Gasteiger partial charge >= 0.3 is 0 Å². The van der Waals surface area contributed by atoms with Crippen molar-refractivity contribution in [3.63, 3.8) is 0 Å². The van der Waals surface area contributed by atoms with Gasteiger partial charge in [-0.3, -0.25) is 4.79 Å². The van der Waals surface area contributed by atoms with Crippen molar-refractivity contribution in [2.24, 2.45) is 0 Å². The van der Waals surface area contributed by atoms with Gasteiger partial charge in [-0.1, -0.05) is 42.1 Å². The van der Waals surface area contributed by atoms with Crippen LogP contribution in [0.15, 0.2) is 35.5 Å². The number of amides is 1. The van der Waals surface area contributed by atoms with Crippen LogP contribution in [0.3, 0.4) is 0 Å². The molecule has 140 valence electrons. The standard InChI is InChI=1S/C20H23N5OS/c1-13-14(2)21-19-22-20(23-25(19)15(13)3)27-17(16-9-5-4-6-10-16)18(26)24-11-7-8-12-24/h4-6,9-10,17H,7-8,11-12H2,1-3H3. The normalized spacial score (nSPS) is 15.4. The van der Waals surface area contributed by atoms with E-state index in [0.29, 0.717) is 10.9 Å². The highest BCUT2D eigenvalue weighted by Crippen LogP contribution is 2.36. The first-order chi connectivity index (χ1) is 13.0. The lowest BCUT2D eigenvalue weighted by atomic mass is 10.1. The molecule has 6 nitrogen and oxygen atoms in total. The van der Waals surface area contributed by atoms with Crippen molar-refractivity contribution in [2.45, 2.75) is 44.0 Å². The molecular formula is C20H23N5OS. The minimum atomic E-state index is -0.343. The predicted molar refractivity (Wildman–Crippen MR) is 106 cm³/mol. The Labute approximate surface area is 163 Å². The average molecular weight is 382 g/mol. The zero-order valence-corrected chi connectivity index (χ0v) is 16.7. The van der Waals surface area contributed by atoms with Crippen LogP contribution in [0.25, 0.3) is 5.78 Å². The third-order valence-electron chi connectivity index (χ3n) is 5.21. The largest absolute Gasteiger partial charge is 0.341 e. The number of aromatic nitrogens is 4. The second-order valence-corrected chi connectivity index (χ2v) is 8.03. The van der Waals surface area contributed by atoms with E-state index in [0.717, 1.165) is 48.4 Å². The van der Waals surface area contributed by atoms with E-state index >= 15 is 0 Å². The Balaban J connectivity index is 1.70. The van der Waals surface area contributed by atoms with Crippen LogP contribution in [0, 0.1) is 20.8 Å². The van der Waals surface area contributed by atoms with Gasteiger partial charge in [0, 0.05) is 24.5 Å². The fourth-order valence-electron chi connectivity index (χ4n) is 3.38. The maximum Gasteiger partial charge on any atom is 0.253 e. The summed E-state index contributed by atoms with van der Waals surface area (Å²) in [6.07, 6.45) is 2.15. The third-order valence-corrected chi connectivity index (χ3v) is 6.30. The maximum atomic E-state index is 13.2. The van der Waals surface area contributed by atoms with Crippen LogP contribution >= 0.6 is 11.8 Å². The molecule has 3 heterocycles. The molecule has 1 amide bonds. The molecule has 1 atom stereocenters. The molecule has 0 spiro atoms. The van der Waals surface area contributed by atoms with E-state index in [1.807, 2.05) is 56.0 Å². The number of benzene rings is 1. The van der Waals surface area contributed by atoms with Crippen molar-refractivity contribution in [3.05, 3.63) is 52.8 Å². The van der Waals surface area contributed by atoms with E-state index in [-0.39, 0.29) is 11.2 Å². The zero-order valence-electron chi connectivity index (χ0n) is 15.8. The predicted octanol–water partition coefficient (Wildman–Crippen LogP) is 3.51. The lowest BCUT2D eigenvalue weighted by molar-refractivity contribution is -0.129. The highest BCUT2D eigenvalue weighted by molar-refractivity contribution is 8.00. The van der Waals surface area contributed by atoms with Gasteiger partial charge in [0.1, 0.15) is 5.25 Å². The fraction of sp³-hybridized carbons (Fsp3) is 0.400. The first-order valence-corrected chi connectivity index (χ1v) is 10.1. The van der Waals surface area contributed by atoms with E-state index < -0.39 is 0 Å². The summed E-state index contributed by atoms with van der Waals surface area (Å²) >= 11 is 1.41. The number of carbonyl (C=O) groups excluding carboxylic acids is 1.